The molecule has 6 heteroatoms. The van der Waals surface area contributed by atoms with Crippen molar-refractivity contribution in [2.45, 2.75) is 57.0 Å². The molecule has 1 aliphatic carbocycles. The van der Waals surface area contributed by atoms with Gasteiger partial charge in [-0.25, -0.2) is 0 Å². The first kappa shape index (κ1) is 24.2. The predicted octanol–water partition coefficient (Wildman–Crippen LogP) is 3.68. The van der Waals surface area contributed by atoms with Gasteiger partial charge < -0.3 is 20.5 Å². The maximum absolute atomic E-state index is 9.72. The number of halogens is 1. The molecule has 1 unspecified atom stereocenters. The van der Waals surface area contributed by atoms with E-state index in [-0.39, 0.29) is 42.1 Å². The van der Waals surface area contributed by atoms with Crippen LogP contribution in [0.4, 0.5) is 0 Å². The first-order chi connectivity index (χ1) is 12.7. The van der Waals surface area contributed by atoms with E-state index in [2.05, 4.69) is 22.5 Å². The maximum Gasteiger partial charge on any atom is 0.191 e. The molecule has 0 radical (unpaired) electrons. The minimum Gasteiger partial charge on any atom is -0.396 e. The second-order valence-electron chi connectivity index (χ2n) is 7.19. The number of nitrogens with one attached hydrogen (secondary N) is 2. The Morgan fingerprint density at radius 1 is 1.19 bits per heavy atom. The molecule has 0 heterocycles. The molecule has 1 saturated carbocycles. The Morgan fingerprint density at radius 3 is 2.48 bits per heavy atom. The molecule has 154 valence electrons. The van der Waals surface area contributed by atoms with Crippen molar-refractivity contribution in [1.82, 2.24) is 10.6 Å². The van der Waals surface area contributed by atoms with Gasteiger partial charge in [-0.15, -0.1) is 24.0 Å². The van der Waals surface area contributed by atoms with Crippen LogP contribution in [0.1, 0.15) is 56.9 Å². The van der Waals surface area contributed by atoms with Gasteiger partial charge in [0.25, 0.3) is 0 Å². The summed E-state index contributed by atoms with van der Waals surface area (Å²) >= 11 is 0. The molecule has 0 amide bonds. The van der Waals surface area contributed by atoms with E-state index in [1.165, 1.54) is 19.3 Å². The Kier molecular flexibility index (Phi) is 11.9. The van der Waals surface area contributed by atoms with Crippen LogP contribution in [0.25, 0.3) is 0 Å². The van der Waals surface area contributed by atoms with Crippen LogP contribution >= 0.6 is 24.0 Å². The molecule has 1 fully saturated rings. The van der Waals surface area contributed by atoms with Gasteiger partial charge in [-0.3, -0.25) is 4.99 Å². The summed E-state index contributed by atoms with van der Waals surface area (Å²) in [6.07, 6.45) is 7.04. The molecule has 1 aromatic rings. The van der Waals surface area contributed by atoms with Crippen molar-refractivity contribution in [3.8, 4) is 0 Å². The van der Waals surface area contributed by atoms with Crippen LogP contribution < -0.4 is 10.6 Å². The Bertz CT molecular complexity index is 533. The Morgan fingerprint density at radius 2 is 1.89 bits per heavy atom. The average molecular weight is 489 g/mol. The SMILES string of the molecule is CCCOC1(CNC(=NC)NCC(CO)c2ccccc2)CCCCC1.I. The van der Waals surface area contributed by atoms with Crippen molar-refractivity contribution in [2.75, 3.05) is 33.4 Å². The lowest BCUT2D eigenvalue weighted by Gasteiger charge is -2.38. The summed E-state index contributed by atoms with van der Waals surface area (Å²) in [7, 11) is 1.78. The van der Waals surface area contributed by atoms with Crippen LogP contribution in [-0.2, 0) is 4.74 Å². The monoisotopic (exact) mass is 489 g/mol. The van der Waals surface area contributed by atoms with Gasteiger partial charge in [0.1, 0.15) is 0 Å². The van der Waals surface area contributed by atoms with Crippen molar-refractivity contribution in [1.29, 1.82) is 0 Å². The van der Waals surface area contributed by atoms with Crippen LogP contribution in [-0.4, -0.2) is 50.0 Å². The van der Waals surface area contributed by atoms with Crippen molar-refractivity contribution >= 4 is 29.9 Å². The van der Waals surface area contributed by atoms with E-state index in [4.69, 9.17) is 4.74 Å². The molecular formula is C21H36IN3O2. The summed E-state index contributed by atoms with van der Waals surface area (Å²) in [4.78, 5) is 4.34. The van der Waals surface area contributed by atoms with Crippen LogP contribution in [0, 0.1) is 0 Å². The summed E-state index contributed by atoms with van der Waals surface area (Å²) in [5.41, 5.74) is 1.06. The molecule has 27 heavy (non-hydrogen) atoms. The minimum absolute atomic E-state index is 0. The Balaban J connectivity index is 0.00000364. The highest BCUT2D eigenvalue weighted by molar-refractivity contribution is 14.0. The lowest BCUT2D eigenvalue weighted by Crippen LogP contribution is -2.50. The van der Waals surface area contributed by atoms with Crippen molar-refractivity contribution < 1.29 is 9.84 Å². The van der Waals surface area contributed by atoms with Crippen LogP contribution in [0.15, 0.2) is 35.3 Å². The fourth-order valence-electron chi connectivity index (χ4n) is 3.59. The smallest absolute Gasteiger partial charge is 0.191 e. The molecule has 5 nitrogen and oxygen atoms in total. The molecule has 0 bridgehead atoms. The van der Waals surface area contributed by atoms with Gasteiger partial charge in [-0.05, 0) is 24.8 Å². The van der Waals surface area contributed by atoms with E-state index in [9.17, 15) is 5.11 Å². The number of aliphatic imine (C=N–C) groups is 1. The van der Waals surface area contributed by atoms with E-state index in [0.717, 1.165) is 43.9 Å². The van der Waals surface area contributed by atoms with Crippen LogP contribution in [0.5, 0.6) is 0 Å². The highest BCUT2D eigenvalue weighted by Crippen LogP contribution is 2.31. The van der Waals surface area contributed by atoms with Gasteiger partial charge in [0, 0.05) is 32.7 Å². The van der Waals surface area contributed by atoms with E-state index in [1.54, 1.807) is 7.05 Å². The predicted molar refractivity (Wildman–Crippen MR) is 123 cm³/mol. The number of hydrogen-bond acceptors (Lipinski definition) is 3. The summed E-state index contributed by atoms with van der Waals surface area (Å²) in [5, 5.41) is 16.5. The number of aliphatic hydroxyl groups excluding tert-OH is 1. The molecule has 2 rings (SSSR count). The quantitative estimate of drug-likeness (QED) is 0.281. The zero-order valence-electron chi connectivity index (χ0n) is 16.7. The number of benzene rings is 1. The summed E-state index contributed by atoms with van der Waals surface area (Å²) in [6.45, 7) is 4.50. The zero-order valence-corrected chi connectivity index (χ0v) is 19.1. The highest BCUT2D eigenvalue weighted by atomic mass is 127. The lowest BCUT2D eigenvalue weighted by atomic mass is 9.84. The summed E-state index contributed by atoms with van der Waals surface area (Å²) in [6, 6.07) is 10.1. The summed E-state index contributed by atoms with van der Waals surface area (Å²) in [5.74, 6) is 0.819. The molecular weight excluding hydrogens is 453 g/mol. The number of aliphatic hydroxyl groups is 1. The minimum atomic E-state index is -0.0678. The molecule has 0 saturated heterocycles. The van der Waals surface area contributed by atoms with Gasteiger partial charge >= 0.3 is 0 Å². The molecule has 3 N–H and O–H groups in total. The normalized spacial score (nSPS) is 17.7. The van der Waals surface area contributed by atoms with Crippen molar-refractivity contribution in [2.24, 2.45) is 4.99 Å². The highest BCUT2D eigenvalue weighted by Gasteiger charge is 2.32. The van der Waals surface area contributed by atoms with E-state index in [0.29, 0.717) is 6.54 Å². The molecule has 1 aromatic carbocycles. The number of hydrogen-bond donors (Lipinski definition) is 3. The largest absolute Gasteiger partial charge is 0.396 e. The average Bonchev–Trinajstić information content (AvgIpc) is 2.71. The third-order valence-electron chi connectivity index (χ3n) is 5.19. The number of guanidine groups is 1. The second-order valence-corrected chi connectivity index (χ2v) is 7.19. The van der Waals surface area contributed by atoms with Crippen LogP contribution in [0.2, 0.25) is 0 Å². The van der Waals surface area contributed by atoms with Gasteiger partial charge in [0.2, 0.25) is 0 Å². The number of ether oxygens (including phenoxy) is 1. The Labute approximate surface area is 181 Å². The molecule has 0 spiro atoms. The Hall–Kier alpha value is -0.860. The van der Waals surface area contributed by atoms with Gasteiger partial charge in [0.05, 0.1) is 12.2 Å². The third-order valence-corrected chi connectivity index (χ3v) is 5.19. The van der Waals surface area contributed by atoms with Gasteiger partial charge in [0.15, 0.2) is 5.96 Å². The van der Waals surface area contributed by atoms with Crippen molar-refractivity contribution in [3.05, 3.63) is 35.9 Å². The topological polar surface area (TPSA) is 65.9 Å². The molecule has 0 aromatic heterocycles. The number of nitrogens with zero attached hydrogens (tertiary/aromatic N) is 1. The standard InChI is InChI=1S/C21H35N3O2.HI/c1-3-14-26-21(12-8-5-9-13-21)17-24-20(22-2)23-15-19(16-25)18-10-6-4-7-11-18;/h4,6-7,10-11,19,25H,3,5,8-9,12-17H2,1-2H3,(H2,22,23,24);1H. The van der Waals surface area contributed by atoms with E-state index < -0.39 is 0 Å². The number of rotatable bonds is 9. The van der Waals surface area contributed by atoms with E-state index >= 15 is 0 Å². The van der Waals surface area contributed by atoms with Crippen LogP contribution in [0.3, 0.4) is 0 Å². The van der Waals surface area contributed by atoms with Gasteiger partial charge in [-0.2, -0.15) is 0 Å². The first-order valence-corrected chi connectivity index (χ1v) is 9.97. The second kappa shape index (κ2) is 13.3. The molecule has 0 aliphatic heterocycles. The fourth-order valence-corrected chi connectivity index (χ4v) is 3.59. The summed E-state index contributed by atoms with van der Waals surface area (Å²) < 4.78 is 6.25. The van der Waals surface area contributed by atoms with Crippen molar-refractivity contribution in [3.63, 3.8) is 0 Å². The lowest BCUT2D eigenvalue weighted by molar-refractivity contribution is -0.0657. The third kappa shape index (κ3) is 7.95. The maximum atomic E-state index is 9.72. The zero-order chi connectivity index (χ0) is 18.7. The van der Waals surface area contributed by atoms with E-state index in [1.807, 2.05) is 30.3 Å². The molecule has 1 aliphatic rings. The molecule has 1 atom stereocenters. The fraction of sp³-hybridized carbons (Fsp3) is 0.667. The first-order valence-electron chi connectivity index (χ1n) is 9.97. The van der Waals surface area contributed by atoms with Gasteiger partial charge in [-0.1, -0.05) is 56.5 Å².